The minimum absolute atomic E-state index is 0.279. The first kappa shape index (κ1) is 6.36. The lowest BCUT2D eigenvalue weighted by molar-refractivity contribution is 1.37. The van der Waals surface area contributed by atoms with Crippen LogP contribution in [-0.2, 0) is 0 Å². The minimum Gasteiger partial charge on any atom is -0.367 e. The Bertz CT molecular complexity index is 145. The molecule has 8 heavy (non-hydrogen) atoms. The third-order valence-electron chi connectivity index (χ3n) is 0.874. The van der Waals surface area contributed by atoms with Crippen molar-refractivity contribution >= 4 is 31.9 Å². The van der Waals surface area contributed by atoms with Gasteiger partial charge in [0.2, 0.25) is 0 Å². The summed E-state index contributed by atoms with van der Waals surface area (Å²) in [5.41, 5.74) is 1.21. The van der Waals surface area contributed by atoms with Gasteiger partial charge in [-0.2, -0.15) is 0 Å². The molecule has 0 bridgehead atoms. The predicted octanol–water partition coefficient (Wildman–Crippen LogP) is 2.80. The summed E-state index contributed by atoms with van der Waals surface area (Å²) in [6, 6.07) is 2.01. The normalized spacial score (nSPS) is 10.4. The Morgan fingerprint density at radius 2 is 2.25 bits per heavy atom. The van der Waals surface area contributed by atoms with Gasteiger partial charge in [0.05, 0.1) is 3.74 Å². The molecule has 0 aliphatic heterocycles. The molecule has 0 unspecified atom stereocenters. The van der Waals surface area contributed by atoms with Crippen molar-refractivity contribution in [2.75, 3.05) is 0 Å². The summed E-state index contributed by atoms with van der Waals surface area (Å²) in [5.74, 6) is 0. The standard InChI is InChI=1S/C5H5Br2N/c6-5(7)4-1-2-8-3-4/h1-3,5,8H. The fraction of sp³-hybridized carbons (Fsp3) is 0.200. The molecule has 0 amide bonds. The van der Waals surface area contributed by atoms with Crippen LogP contribution in [0.4, 0.5) is 0 Å². The Kier molecular flexibility index (Phi) is 2.14. The molecule has 1 nitrogen and oxygen atoms in total. The minimum atomic E-state index is 0.279. The topological polar surface area (TPSA) is 15.8 Å². The number of aromatic amines is 1. The van der Waals surface area contributed by atoms with Crippen LogP contribution in [-0.4, -0.2) is 4.98 Å². The third-order valence-corrected chi connectivity index (χ3v) is 1.93. The zero-order valence-electron chi connectivity index (χ0n) is 4.07. The van der Waals surface area contributed by atoms with Crippen LogP contribution in [0.3, 0.4) is 0 Å². The maximum atomic E-state index is 3.36. The summed E-state index contributed by atoms with van der Waals surface area (Å²) in [4.78, 5) is 2.95. The number of nitrogens with one attached hydrogen (secondary N) is 1. The van der Waals surface area contributed by atoms with Gasteiger partial charge in [-0.15, -0.1) is 0 Å². The molecule has 0 fully saturated rings. The Labute approximate surface area is 64.7 Å². The second-order valence-corrected chi connectivity index (χ2v) is 4.51. The van der Waals surface area contributed by atoms with E-state index >= 15 is 0 Å². The van der Waals surface area contributed by atoms with E-state index in [0.717, 1.165) is 0 Å². The number of halogens is 2. The second-order valence-electron chi connectivity index (χ2n) is 1.45. The smallest absolute Gasteiger partial charge is 0.0961 e. The van der Waals surface area contributed by atoms with E-state index in [2.05, 4.69) is 36.8 Å². The molecule has 0 atom stereocenters. The number of aromatic nitrogens is 1. The van der Waals surface area contributed by atoms with E-state index in [9.17, 15) is 0 Å². The fourth-order valence-electron chi connectivity index (χ4n) is 0.473. The molecule has 1 aromatic heterocycles. The molecule has 0 saturated heterocycles. The first-order valence-corrected chi connectivity index (χ1v) is 4.04. The zero-order chi connectivity index (χ0) is 5.98. The second kappa shape index (κ2) is 2.69. The van der Waals surface area contributed by atoms with E-state index in [0.29, 0.717) is 0 Å². The van der Waals surface area contributed by atoms with E-state index < -0.39 is 0 Å². The SMILES string of the molecule is BrC(Br)c1cc[nH]c1. The lowest BCUT2D eigenvalue weighted by Gasteiger charge is -1.91. The van der Waals surface area contributed by atoms with Crippen LogP contribution in [0.15, 0.2) is 18.5 Å². The van der Waals surface area contributed by atoms with E-state index in [1.54, 1.807) is 0 Å². The average Bonchev–Trinajstić information content (AvgIpc) is 2.12. The van der Waals surface area contributed by atoms with Crippen LogP contribution in [0.5, 0.6) is 0 Å². The van der Waals surface area contributed by atoms with Crippen molar-refractivity contribution in [3.05, 3.63) is 24.0 Å². The highest BCUT2D eigenvalue weighted by atomic mass is 79.9. The summed E-state index contributed by atoms with van der Waals surface area (Å²) < 4.78 is 0.279. The molecule has 1 aromatic rings. The van der Waals surface area contributed by atoms with E-state index in [4.69, 9.17) is 0 Å². The lowest BCUT2D eigenvalue weighted by Crippen LogP contribution is -1.69. The Balaban J connectivity index is 2.77. The number of alkyl halides is 2. The largest absolute Gasteiger partial charge is 0.367 e. The maximum absolute atomic E-state index is 3.36. The van der Waals surface area contributed by atoms with Gasteiger partial charge in [0.25, 0.3) is 0 Å². The van der Waals surface area contributed by atoms with Gasteiger partial charge in [-0.1, -0.05) is 31.9 Å². The third kappa shape index (κ3) is 1.36. The summed E-state index contributed by atoms with van der Waals surface area (Å²) >= 11 is 6.72. The summed E-state index contributed by atoms with van der Waals surface area (Å²) in [5, 5.41) is 0. The summed E-state index contributed by atoms with van der Waals surface area (Å²) in [7, 11) is 0. The number of hydrogen-bond acceptors (Lipinski definition) is 0. The van der Waals surface area contributed by atoms with Crippen molar-refractivity contribution in [3.8, 4) is 0 Å². The van der Waals surface area contributed by atoms with Gasteiger partial charge < -0.3 is 4.98 Å². The molecule has 1 N–H and O–H groups in total. The molecule has 0 radical (unpaired) electrons. The lowest BCUT2D eigenvalue weighted by atomic mass is 10.4. The number of rotatable bonds is 1. The van der Waals surface area contributed by atoms with Gasteiger partial charge in [0, 0.05) is 12.4 Å². The van der Waals surface area contributed by atoms with Crippen molar-refractivity contribution < 1.29 is 0 Å². The number of hydrogen-bond donors (Lipinski definition) is 1. The molecule has 0 aromatic carbocycles. The van der Waals surface area contributed by atoms with Crippen LogP contribution in [0.1, 0.15) is 9.30 Å². The number of H-pyrrole nitrogens is 1. The summed E-state index contributed by atoms with van der Waals surface area (Å²) in [6.45, 7) is 0. The van der Waals surface area contributed by atoms with Gasteiger partial charge in [-0.3, -0.25) is 0 Å². The van der Waals surface area contributed by atoms with Crippen LogP contribution >= 0.6 is 31.9 Å². The van der Waals surface area contributed by atoms with Crippen LogP contribution in [0, 0.1) is 0 Å². The van der Waals surface area contributed by atoms with Gasteiger partial charge in [0.15, 0.2) is 0 Å². The van der Waals surface area contributed by atoms with E-state index in [1.165, 1.54) is 5.56 Å². The Hall–Kier alpha value is 0.240. The molecule has 44 valence electrons. The maximum Gasteiger partial charge on any atom is 0.0961 e. The van der Waals surface area contributed by atoms with E-state index in [-0.39, 0.29) is 3.74 Å². The molecule has 0 spiro atoms. The molecule has 3 heteroatoms. The molecule has 1 heterocycles. The predicted molar refractivity (Wildman–Crippen MR) is 41.4 cm³/mol. The first-order valence-electron chi connectivity index (χ1n) is 2.21. The quantitative estimate of drug-likeness (QED) is 0.725. The first-order chi connectivity index (χ1) is 3.80. The highest BCUT2D eigenvalue weighted by molar-refractivity contribution is 9.24. The monoisotopic (exact) mass is 237 g/mol. The molecule has 1 rings (SSSR count). The van der Waals surface area contributed by atoms with Crippen LogP contribution in [0.2, 0.25) is 0 Å². The van der Waals surface area contributed by atoms with Crippen molar-refractivity contribution in [1.29, 1.82) is 0 Å². The molecular weight excluding hydrogens is 234 g/mol. The van der Waals surface area contributed by atoms with Gasteiger partial charge >= 0.3 is 0 Å². The Morgan fingerprint density at radius 1 is 1.50 bits per heavy atom. The van der Waals surface area contributed by atoms with Gasteiger partial charge in [-0.05, 0) is 11.6 Å². The average molecular weight is 239 g/mol. The highest BCUT2D eigenvalue weighted by Gasteiger charge is 1.98. The van der Waals surface area contributed by atoms with Crippen molar-refractivity contribution in [1.82, 2.24) is 4.98 Å². The van der Waals surface area contributed by atoms with E-state index in [1.807, 2.05) is 18.5 Å². The van der Waals surface area contributed by atoms with Crippen LogP contribution < -0.4 is 0 Å². The van der Waals surface area contributed by atoms with Gasteiger partial charge in [0.1, 0.15) is 0 Å². The highest BCUT2D eigenvalue weighted by Crippen LogP contribution is 2.27. The van der Waals surface area contributed by atoms with Crippen molar-refractivity contribution in [2.24, 2.45) is 0 Å². The zero-order valence-corrected chi connectivity index (χ0v) is 7.24. The fourth-order valence-corrected chi connectivity index (χ4v) is 1.04. The molecular formula is C5H5Br2N. The Morgan fingerprint density at radius 3 is 2.50 bits per heavy atom. The summed E-state index contributed by atoms with van der Waals surface area (Å²) in [6.07, 6.45) is 3.83. The molecule has 0 saturated carbocycles. The van der Waals surface area contributed by atoms with Gasteiger partial charge in [-0.25, -0.2) is 0 Å². The molecule has 0 aliphatic rings. The molecule has 0 aliphatic carbocycles. The van der Waals surface area contributed by atoms with Crippen LogP contribution in [0.25, 0.3) is 0 Å². The van der Waals surface area contributed by atoms with Crippen molar-refractivity contribution in [2.45, 2.75) is 3.74 Å². The van der Waals surface area contributed by atoms with Crippen molar-refractivity contribution in [3.63, 3.8) is 0 Å².